The third-order valence-corrected chi connectivity index (χ3v) is 4.63. The molecule has 0 aromatic heterocycles. The lowest BCUT2D eigenvalue weighted by Gasteiger charge is -2.27. The van der Waals surface area contributed by atoms with Crippen LogP contribution in [0.2, 0.25) is 0 Å². The number of thioether (sulfide) groups is 1. The van der Waals surface area contributed by atoms with Crippen LogP contribution in [0.4, 0.5) is 13.2 Å². The van der Waals surface area contributed by atoms with Gasteiger partial charge in [0.1, 0.15) is 0 Å². The molecule has 2 nitrogen and oxygen atoms in total. The molecule has 0 aliphatic heterocycles. The average Bonchev–Trinajstić information content (AvgIpc) is 2.42. The van der Waals surface area contributed by atoms with Gasteiger partial charge in [-0.25, -0.2) is 0 Å². The minimum Gasteiger partial charge on any atom is -0.338 e. The van der Waals surface area contributed by atoms with Crippen LogP contribution < -0.4 is 0 Å². The van der Waals surface area contributed by atoms with Gasteiger partial charge in [0.05, 0.1) is 11.1 Å². The number of amides is 1. The molecule has 0 fully saturated rings. The van der Waals surface area contributed by atoms with E-state index in [-0.39, 0.29) is 11.6 Å². The van der Waals surface area contributed by atoms with Gasteiger partial charge < -0.3 is 4.90 Å². The summed E-state index contributed by atoms with van der Waals surface area (Å²) in [5.41, 5.74) is -0.785. The second kappa shape index (κ2) is 7.54. The van der Waals surface area contributed by atoms with E-state index in [4.69, 9.17) is 0 Å². The van der Waals surface area contributed by atoms with Crippen molar-refractivity contribution in [2.24, 2.45) is 0 Å². The Morgan fingerprint density at radius 3 is 2.52 bits per heavy atom. The van der Waals surface area contributed by atoms with Crippen molar-refractivity contribution in [2.45, 2.75) is 25.6 Å². The molecular formula is C14H17BrF3NOS. The summed E-state index contributed by atoms with van der Waals surface area (Å²) in [7, 11) is 1.62. The van der Waals surface area contributed by atoms with Gasteiger partial charge in [-0.1, -0.05) is 6.92 Å². The topological polar surface area (TPSA) is 20.3 Å². The Labute approximate surface area is 135 Å². The zero-order valence-corrected chi connectivity index (χ0v) is 14.4. The first-order valence-corrected chi connectivity index (χ1v) is 8.53. The van der Waals surface area contributed by atoms with E-state index in [9.17, 15) is 18.0 Å². The van der Waals surface area contributed by atoms with Gasteiger partial charge in [0.2, 0.25) is 0 Å². The van der Waals surface area contributed by atoms with Crippen LogP contribution in [0.5, 0.6) is 0 Å². The predicted molar refractivity (Wildman–Crippen MR) is 83.7 cm³/mol. The smallest absolute Gasteiger partial charge is 0.338 e. The Bertz CT molecular complexity index is 507. The molecular weight excluding hydrogens is 367 g/mol. The third kappa shape index (κ3) is 4.64. The normalized spacial score (nSPS) is 13.1. The van der Waals surface area contributed by atoms with E-state index in [0.717, 1.165) is 24.3 Å². The fourth-order valence-electron chi connectivity index (χ4n) is 1.92. The number of hydrogen-bond acceptors (Lipinski definition) is 2. The fraction of sp³-hybridized carbons (Fsp3) is 0.500. The maximum Gasteiger partial charge on any atom is 0.416 e. The quantitative estimate of drug-likeness (QED) is 0.735. The van der Waals surface area contributed by atoms with Gasteiger partial charge in [-0.2, -0.15) is 24.9 Å². The van der Waals surface area contributed by atoms with E-state index in [2.05, 4.69) is 15.9 Å². The monoisotopic (exact) mass is 383 g/mol. The maximum absolute atomic E-state index is 12.8. The van der Waals surface area contributed by atoms with Crippen LogP contribution in [-0.4, -0.2) is 35.9 Å². The van der Waals surface area contributed by atoms with Crippen molar-refractivity contribution in [3.63, 3.8) is 0 Å². The van der Waals surface area contributed by atoms with Gasteiger partial charge in [0.15, 0.2) is 0 Å². The first kappa shape index (κ1) is 18.4. The lowest BCUT2D eigenvalue weighted by Crippen LogP contribution is -2.38. The molecule has 1 amide bonds. The van der Waals surface area contributed by atoms with E-state index < -0.39 is 17.6 Å². The van der Waals surface area contributed by atoms with Gasteiger partial charge in [-0.15, -0.1) is 0 Å². The van der Waals surface area contributed by atoms with Crippen molar-refractivity contribution in [2.75, 3.05) is 19.1 Å². The average molecular weight is 384 g/mol. The number of carbonyl (C=O) groups is 1. The van der Waals surface area contributed by atoms with E-state index in [1.807, 2.05) is 13.2 Å². The number of halogens is 4. The van der Waals surface area contributed by atoms with Crippen molar-refractivity contribution in [1.29, 1.82) is 0 Å². The van der Waals surface area contributed by atoms with Crippen LogP contribution in [0.15, 0.2) is 22.7 Å². The number of hydrogen-bond donors (Lipinski definition) is 0. The summed E-state index contributed by atoms with van der Waals surface area (Å²) in [6.07, 6.45) is -1.78. The van der Waals surface area contributed by atoms with Crippen molar-refractivity contribution in [1.82, 2.24) is 4.90 Å². The fourth-order valence-corrected chi connectivity index (χ4v) is 3.18. The second-order valence-corrected chi connectivity index (χ2v) is 6.39. The summed E-state index contributed by atoms with van der Waals surface area (Å²) in [4.78, 5) is 13.9. The molecule has 0 heterocycles. The number of benzene rings is 1. The van der Waals surface area contributed by atoms with Crippen LogP contribution in [0.25, 0.3) is 0 Å². The van der Waals surface area contributed by atoms with E-state index in [0.29, 0.717) is 4.47 Å². The van der Waals surface area contributed by atoms with Gasteiger partial charge in [-0.3, -0.25) is 4.79 Å². The van der Waals surface area contributed by atoms with Crippen molar-refractivity contribution >= 4 is 33.6 Å². The summed E-state index contributed by atoms with van der Waals surface area (Å²) in [6.45, 7) is 1.95. The molecule has 21 heavy (non-hydrogen) atoms. The Kier molecular flexibility index (Phi) is 6.59. The molecule has 1 aromatic rings. The lowest BCUT2D eigenvalue weighted by molar-refractivity contribution is -0.137. The lowest BCUT2D eigenvalue weighted by atomic mass is 10.1. The van der Waals surface area contributed by atoms with Crippen LogP contribution in [0, 0.1) is 0 Å². The Balaban J connectivity index is 3.11. The van der Waals surface area contributed by atoms with Gasteiger partial charge in [0.25, 0.3) is 5.91 Å². The van der Waals surface area contributed by atoms with Gasteiger partial charge in [0, 0.05) is 23.3 Å². The highest BCUT2D eigenvalue weighted by atomic mass is 79.9. The minimum absolute atomic E-state index is 0.00561. The van der Waals surface area contributed by atoms with E-state index in [1.165, 1.54) is 11.0 Å². The van der Waals surface area contributed by atoms with Crippen LogP contribution in [0.3, 0.4) is 0 Å². The summed E-state index contributed by atoms with van der Waals surface area (Å²) >= 11 is 4.76. The molecule has 1 rings (SSSR count). The molecule has 0 saturated carbocycles. The molecule has 0 N–H and O–H groups in total. The highest BCUT2D eigenvalue weighted by molar-refractivity contribution is 9.10. The first-order chi connectivity index (χ1) is 9.72. The van der Waals surface area contributed by atoms with Crippen LogP contribution >= 0.6 is 27.7 Å². The zero-order chi connectivity index (χ0) is 16.2. The number of nitrogens with zero attached hydrogens (tertiary/aromatic N) is 1. The predicted octanol–water partition coefficient (Wildman–Crippen LogP) is 4.68. The molecule has 7 heteroatoms. The summed E-state index contributed by atoms with van der Waals surface area (Å²) in [5, 5.41) is 0. The molecule has 1 aromatic carbocycles. The molecule has 0 bridgehead atoms. The van der Waals surface area contributed by atoms with Gasteiger partial charge in [-0.05, 0) is 46.8 Å². The largest absolute Gasteiger partial charge is 0.416 e. The summed E-state index contributed by atoms with van der Waals surface area (Å²) in [6, 6.07) is 3.11. The molecule has 118 valence electrons. The molecule has 0 saturated heterocycles. The summed E-state index contributed by atoms with van der Waals surface area (Å²) < 4.78 is 38.7. The van der Waals surface area contributed by atoms with Crippen LogP contribution in [0.1, 0.15) is 29.3 Å². The highest BCUT2D eigenvalue weighted by Crippen LogP contribution is 2.32. The molecule has 1 unspecified atom stereocenters. The molecule has 0 spiro atoms. The summed E-state index contributed by atoms with van der Waals surface area (Å²) in [5.74, 6) is 0.337. The number of rotatable bonds is 5. The van der Waals surface area contributed by atoms with Crippen molar-refractivity contribution < 1.29 is 18.0 Å². The van der Waals surface area contributed by atoms with E-state index in [1.54, 1.807) is 18.8 Å². The van der Waals surface area contributed by atoms with E-state index >= 15 is 0 Å². The maximum atomic E-state index is 12.8. The molecule has 0 aliphatic rings. The number of alkyl halides is 3. The zero-order valence-electron chi connectivity index (χ0n) is 12.0. The van der Waals surface area contributed by atoms with Gasteiger partial charge >= 0.3 is 6.18 Å². The van der Waals surface area contributed by atoms with Crippen molar-refractivity contribution in [3.05, 3.63) is 33.8 Å². The van der Waals surface area contributed by atoms with Crippen LogP contribution in [-0.2, 0) is 6.18 Å². The minimum atomic E-state index is -4.46. The highest BCUT2D eigenvalue weighted by Gasteiger charge is 2.32. The molecule has 0 radical (unpaired) electrons. The van der Waals surface area contributed by atoms with Crippen molar-refractivity contribution in [3.8, 4) is 0 Å². The molecule has 0 aliphatic carbocycles. The second-order valence-electron chi connectivity index (χ2n) is 4.63. The third-order valence-electron chi connectivity index (χ3n) is 3.22. The standard InChI is InChI=1S/C14H17BrF3NOS/c1-4-10(8-21-3)19(2)13(20)11-7-9(14(16,17)18)5-6-12(11)15/h5-7,10H,4,8H2,1-3H3. The Morgan fingerprint density at radius 1 is 1.43 bits per heavy atom. The molecule has 1 atom stereocenters. The first-order valence-electron chi connectivity index (χ1n) is 6.35. The number of carbonyl (C=O) groups excluding carboxylic acids is 1. The Morgan fingerprint density at radius 2 is 2.05 bits per heavy atom. The Hall–Kier alpha value is -0.690. The SMILES string of the molecule is CCC(CSC)N(C)C(=O)c1cc(C(F)(F)F)ccc1Br.